The number of aromatic nitrogens is 2. The minimum Gasteiger partial charge on any atom is -0.497 e. The van der Waals surface area contributed by atoms with Crippen LogP contribution in [-0.4, -0.2) is 23.8 Å². The second-order valence-electron chi connectivity index (χ2n) is 8.79. The second-order valence-corrected chi connectivity index (χ2v) is 8.79. The predicted molar refractivity (Wildman–Crippen MR) is 151 cm³/mol. The van der Waals surface area contributed by atoms with Crippen LogP contribution in [0.25, 0.3) is 43.6 Å². The predicted octanol–water partition coefficient (Wildman–Crippen LogP) is 6.26. The molecule has 0 radical (unpaired) electrons. The van der Waals surface area contributed by atoms with Gasteiger partial charge in [0.15, 0.2) is 10.9 Å². The van der Waals surface area contributed by atoms with E-state index in [1.54, 1.807) is 20.3 Å². The number of benzene rings is 4. The maximum atomic E-state index is 12.6. The first-order valence-corrected chi connectivity index (χ1v) is 12.2. The molecule has 0 fully saturated rings. The van der Waals surface area contributed by atoms with E-state index in [1.807, 2.05) is 78.9 Å². The Balaban J connectivity index is 0.000000153. The number of fused-ring (bicyclic) bond motifs is 4. The van der Waals surface area contributed by atoms with Gasteiger partial charge in [0.1, 0.15) is 11.5 Å². The van der Waals surface area contributed by atoms with Crippen molar-refractivity contribution in [3.8, 4) is 11.5 Å². The lowest BCUT2D eigenvalue weighted by Gasteiger charge is -2.14. The van der Waals surface area contributed by atoms with E-state index in [-0.39, 0.29) is 10.9 Å². The van der Waals surface area contributed by atoms with Gasteiger partial charge in [0, 0.05) is 33.6 Å². The molecule has 6 nitrogen and oxygen atoms in total. The molecule has 2 aromatic heterocycles. The van der Waals surface area contributed by atoms with Crippen LogP contribution in [0, 0.1) is 0 Å². The molecule has 0 unspecified atom stereocenters. The third kappa shape index (κ3) is 4.42. The highest BCUT2D eigenvalue weighted by molar-refractivity contribution is 5.94. The van der Waals surface area contributed by atoms with Crippen molar-refractivity contribution in [3.05, 3.63) is 105 Å². The van der Waals surface area contributed by atoms with Crippen LogP contribution in [0.1, 0.15) is 13.3 Å². The molecule has 0 aliphatic carbocycles. The van der Waals surface area contributed by atoms with Crippen LogP contribution in [-0.2, 0) is 6.54 Å². The van der Waals surface area contributed by atoms with Crippen LogP contribution < -0.4 is 20.3 Å². The Kier molecular flexibility index (Phi) is 6.64. The largest absolute Gasteiger partial charge is 0.497 e. The Morgan fingerprint density at radius 3 is 1.95 bits per heavy atom. The molecule has 0 saturated carbocycles. The summed E-state index contributed by atoms with van der Waals surface area (Å²) < 4.78 is 12.6. The molecule has 6 heteroatoms. The number of rotatable bonds is 4. The lowest BCUT2D eigenvalue weighted by Crippen LogP contribution is -2.11. The molecule has 0 bridgehead atoms. The standard InChI is InChI=1S/C17H17NO2.C14H11NO2/c1-3-10-18-15-7-5-4-6-13(15)17(19)14-11-12(20-2)8-9-16(14)18;1-17-9-6-7-13-11(8-9)14(16)10-4-2-3-5-12(10)15-13/h4-9,11H,3,10H2,1-2H3;2-8H,1H3,(H,15,16). The van der Waals surface area contributed by atoms with Crippen molar-refractivity contribution >= 4 is 43.6 Å². The number of H-pyrrole nitrogens is 1. The molecule has 4 aromatic carbocycles. The molecule has 37 heavy (non-hydrogen) atoms. The maximum absolute atomic E-state index is 12.6. The highest BCUT2D eigenvalue weighted by Gasteiger charge is 2.11. The van der Waals surface area contributed by atoms with Gasteiger partial charge in [-0.05, 0) is 67.1 Å². The fourth-order valence-electron chi connectivity index (χ4n) is 4.73. The molecule has 6 rings (SSSR count). The van der Waals surface area contributed by atoms with Gasteiger partial charge in [-0.15, -0.1) is 0 Å². The van der Waals surface area contributed by atoms with Gasteiger partial charge in [0.2, 0.25) is 0 Å². The van der Waals surface area contributed by atoms with Crippen molar-refractivity contribution < 1.29 is 9.47 Å². The summed E-state index contributed by atoms with van der Waals surface area (Å²) >= 11 is 0. The van der Waals surface area contributed by atoms with Gasteiger partial charge in [-0.3, -0.25) is 9.59 Å². The Morgan fingerprint density at radius 1 is 0.649 bits per heavy atom. The number of nitrogens with one attached hydrogen (secondary N) is 1. The summed E-state index contributed by atoms with van der Waals surface area (Å²) in [6, 6.07) is 26.5. The third-order valence-electron chi connectivity index (χ3n) is 6.54. The fraction of sp³-hybridized carbons (Fsp3) is 0.161. The van der Waals surface area contributed by atoms with E-state index in [0.29, 0.717) is 22.3 Å². The second kappa shape index (κ2) is 10.2. The number of para-hydroxylation sites is 2. The Hall–Kier alpha value is -4.58. The third-order valence-corrected chi connectivity index (χ3v) is 6.54. The van der Waals surface area contributed by atoms with E-state index >= 15 is 0 Å². The van der Waals surface area contributed by atoms with Crippen molar-refractivity contribution in [2.24, 2.45) is 0 Å². The van der Waals surface area contributed by atoms with Crippen LogP contribution in [0.3, 0.4) is 0 Å². The number of aryl methyl sites for hydroxylation is 1. The first-order chi connectivity index (χ1) is 18.0. The summed E-state index contributed by atoms with van der Waals surface area (Å²) in [6.45, 7) is 3.03. The highest BCUT2D eigenvalue weighted by atomic mass is 16.5. The smallest absolute Gasteiger partial charge is 0.197 e. The lowest BCUT2D eigenvalue weighted by molar-refractivity contribution is 0.415. The van der Waals surface area contributed by atoms with E-state index in [9.17, 15) is 9.59 Å². The number of pyridine rings is 2. The normalized spacial score (nSPS) is 11.0. The molecule has 0 saturated heterocycles. The summed E-state index contributed by atoms with van der Waals surface area (Å²) in [5.74, 6) is 1.41. The van der Waals surface area contributed by atoms with Crippen LogP contribution in [0.2, 0.25) is 0 Å². The van der Waals surface area contributed by atoms with Crippen molar-refractivity contribution in [3.63, 3.8) is 0 Å². The monoisotopic (exact) mass is 492 g/mol. The first kappa shape index (κ1) is 24.1. The number of hydrogen-bond acceptors (Lipinski definition) is 4. The fourth-order valence-corrected chi connectivity index (χ4v) is 4.73. The van der Waals surface area contributed by atoms with Crippen molar-refractivity contribution in [1.82, 2.24) is 9.55 Å². The van der Waals surface area contributed by atoms with Gasteiger partial charge < -0.3 is 19.0 Å². The first-order valence-electron chi connectivity index (χ1n) is 12.2. The highest BCUT2D eigenvalue weighted by Crippen LogP contribution is 2.23. The molecule has 0 aliphatic heterocycles. The molecule has 2 heterocycles. The van der Waals surface area contributed by atoms with Crippen molar-refractivity contribution in [2.45, 2.75) is 19.9 Å². The van der Waals surface area contributed by atoms with Crippen LogP contribution in [0.5, 0.6) is 11.5 Å². The zero-order valence-electron chi connectivity index (χ0n) is 21.1. The summed E-state index contributed by atoms with van der Waals surface area (Å²) in [5.41, 5.74) is 3.76. The minimum absolute atomic E-state index is 0.0354. The molecule has 0 amide bonds. The molecule has 0 atom stereocenters. The molecular weight excluding hydrogens is 464 g/mol. The van der Waals surface area contributed by atoms with E-state index in [4.69, 9.17) is 9.47 Å². The number of nitrogens with zero attached hydrogens (tertiary/aromatic N) is 1. The number of aromatic amines is 1. The summed E-state index contributed by atoms with van der Waals surface area (Å²) in [6.07, 6.45) is 1.02. The average molecular weight is 493 g/mol. The van der Waals surface area contributed by atoms with Crippen LogP contribution >= 0.6 is 0 Å². The van der Waals surface area contributed by atoms with E-state index in [0.717, 1.165) is 45.8 Å². The zero-order chi connectivity index (χ0) is 25.9. The van der Waals surface area contributed by atoms with Crippen molar-refractivity contribution in [1.29, 1.82) is 0 Å². The molecule has 186 valence electrons. The number of methoxy groups -OCH3 is 2. The molecule has 0 aliphatic rings. The van der Waals surface area contributed by atoms with Gasteiger partial charge in [0.25, 0.3) is 0 Å². The molecule has 6 aromatic rings. The van der Waals surface area contributed by atoms with Gasteiger partial charge in [-0.2, -0.15) is 0 Å². The number of ether oxygens (including phenoxy) is 2. The Bertz CT molecular complexity index is 1870. The van der Waals surface area contributed by atoms with Gasteiger partial charge in [0.05, 0.1) is 30.8 Å². The lowest BCUT2D eigenvalue weighted by atomic mass is 10.1. The SMILES string of the molecule is CCCn1c2ccccc2c(=O)c2cc(OC)ccc21.COc1ccc2[nH]c3ccccc3c(=O)c2c1. The molecule has 1 N–H and O–H groups in total. The van der Waals surface area contributed by atoms with Gasteiger partial charge in [-0.1, -0.05) is 31.2 Å². The summed E-state index contributed by atoms with van der Waals surface area (Å²) in [4.78, 5) is 28.2. The zero-order valence-corrected chi connectivity index (χ0v) is 21.1. The Labute approximate surface area is 213 Å². The minimum atomic E-state index is 0.0354. The van der Waals surface area contributed by atoms with Crippen LogP contribution in [0.4, 0.5) is 0 Å². The maximum Gasteiger partial charge on any atom is 0.197 e. The molecule has 0 spiro atoms. The average Bonchev–Trinajstić information content (AvgIpc) is 2.95. The van der Waals surface area contributed by atoms with Crippen LogP contribution in [0.15, 0.2) is 94.5 Å². The van der Waals surface area contributed by atoms with Gasteiger partial charge >= 0.3 is 0 Å². The Morgan fingerprint density at radius 2 is 1.22 bits per heavy atom. The van der Waals surface area contributed by atoms with E-state index in [2.05, 4.69) is 16.5 Å². The van der Waals surface area contributed by atoms with Crippen molar-refractivity contribution in [2.75, 3.05) is 14.2 Å². The van der Waals surface area contributed by atoms with E-state index in [1.165, 1.54) is 0 Å². The summed E-state index contributed by atoms with van der Waals surface area (Å²) in [7, 11) is 3.21. The summed E-state index contributed by atoms with van der Waals surface area (Å²) in [5, 5.41) is 2.84. The number of hydrogen-bond donors (Lipinski definition) is 1. The quantitative estimate of drug-likeness (QED) is 0.295. The topological polar surface area (TPSA) is 73.3 Å². The van der Waals surface area contributed by atoms with E-state index < -0.39 is 0 Å². The molecular formula is C31H28N2O4. The van der Waals surface area contributed by atoms with Gasteiger partial charge in [-0.25, -0.2) is 0 Å².